The SMILES string of the molecule is O=C(c1ccccc1)N1CCC(=C2c3ccccc3CCc3cccnc32)CC1. The van der Waals surface area contributed by atoms with Gasteiger partial charge in [-0.25, -0.2) is 0 Å². The molecule has 0 spiro atoms. The molecule has 0 radical (unpaired) electrons. The van der Waals surface area contributed by atoms with Gasteiger partial charge in [0.2, 0.25) is 0 Å². The van der Waals surface area contributed by atoms with E-state index < -0.39 is 0 Å². The molecular weight excluding hydrogens is 356 g/mol. The van der Waals surface area contributed by atoms with Crippen molar-refractivity contribution in [1.82, 2.24) is 9.88 Å². The van der Waals surface area contributed by atoms with Gasteiger partial charge in [-0.3, -0.25) is 9.78 Å². The zero-order valence-corrected chi connectivity index (χ0v) is 16.5. The fourth-order valence-corrected chi connectivity index (χ4v) is 4.60. The molecule has 3 aromatic rings. The summed E-state index contributed by atoms with van der Waals surface area (Å²) in [5.74, 6) is 0.134. The lowest BCUT2D eigenvalue weighted by molar-refractivity contribution is 0.0744. The maximum atomic E-state index is 12.8. The van der Waals surface area contributed by atoms with Crippen LogP contribution in [-0.2, 0) is 12.8 Å². The van der Waals surface area contributed by atoms with Gasteiger partial charge in [-0.2, -0.15) is 0 Å². The summed E-state index contributed by atoms with van der Waals surface area (Å²) in [6.07, 6.45) is 5.78. The van der Waals surface area contributed by atoms with Gasteiger partial charge in [0.15, 0.2) is 0 Å². The van der Waals surface area contributed by atoms with Gasteiger partial charge in [-0.1, -0.05) is 54.1 Å². The molecule has 1 amide bonds. The number of carbonyl (C=O) groups excluding carboxylic acids is 1. The number of aromatic nitrogens is 1. The van der Waals surface area contributed by atoms with Crippen LogP contribution in [0.5, 0.6) is 0 Å². The summed E-state index contributed by atoms with van der Waals surface area (Å²) < 4.78 is 0. The summed E-state index contributed by atoms with van der Waals surface area (Å²) in [5.41, 5.74) is 8.69. The molecule has 0 unspecified atom stereocenters. The van der Waals surface area contributed by atoms with Crippen molar-refractivity contribution in [3.63, 3.8) is 0 Å². The summed E-state index contributed by atoms with van der Waals surface area (Å²) in [7, 11) is 0. The molecule has 144 valence electrons. The van der Waals surface area contributed by atoms with Crippen LogP contribution < -0.4 is 0 Å². The van der Waals surface area contributed by atoms with E-state index in [9.17, 15) is 4.79 Å². The van der Waals surface area contributed by atoms with Crippen LogP contribution in [0, 0.1) is 0 Å². The van der Waals surface area contributed by atoms with Crippen molar-refractivity contribution < 1.29 is 4.79 Å². The first kappa shape index (κ1) is 17.9. The van der Waals surface area contributed by atoms with Gasteiger partial charge < -0.3 is 4.90 Å². The minimum atomic E-state index is 0.134. The topological polar surface area (TPSA) is 33.2 Å². The van der Waals surface area contributed by atoms with E-state index in [0.29, 0.717) is 0 Å². The third kappa shape index (κ3) is 3.38. The number of likely N-dealkylation sites (tertiary alicyclic amines) is 1. The largest absolute Gasteiger partial charge is 0.338 e. The predicted molar refractivity (Wildman–Crippen MR) is 116 cm³/mol. The molecule has 0 atom stereocenters. The first-order valence-corrected chi connectivity index (χ1v) is 10.4. The number of piperidine rings is 1. The molecule has 1 saturated heterocycles. The van der Waals surface area contributed by atoms with Crippen molar-refractivity contribution in [2.24, 2.45) is 0 Å². The molecule has 2 aliphatic rings. The minimum absolute atomic E-state index is 0.134. The second-order valence-corrected chi connectivity index (χ2v) is 7.81. The standard InChI is InChI=1S/C26H24N2O/c29-26(22-8-2-1-3-9-22)28-17-14-20(15-18-28)24-23-11-5-4-7-19(23)12-13-21-10-6-16-27-25(21)24/h1-11,16H,12-15,17-18H2. The average molecular weight is 380 g/mol. The second kappa shape index (κ2) is 7.67. The Morgan fingerprint density at radius 1 is 0.759 bits per heavy atom. The number of pyridine rings is 1. The van der Waals surface area contributed by atoms with Gasteiger partial charge in [-0.05, 0) is 60.6 Å². The maximum absolute atomic E-state index is 12.8. The zero-order valence-electron chi connectivity index (χ0n) is 16.5. The summed E-state index contributed by atoms with van der Waals surface area (Å²) >= 11 is 0. The molecule has 0 saturated carbocycles. The average Bonchev–Trinajstić information content (AvgIpc) is 2.96. The van der Waals surface area contributed by atoms with E-state index >= 15 is 0 Å². The van der Waals surface area contributed by atoms with E-state index in [-0.39, 0.29) is 5.91 Å². The Hall–Kier alpha value is -3.20. The lowest BCUT2D eigenvalue weighted by atomic mass is 9.88. The molecule has 1 aliphatic heterocycles. The fourth-order valence-electron chi connectivity index (χ4n) is 4.60. The maximum Gasteiger partial charge on any atom is 0.253 e. The van der Waals surface area contributed by atoms with E-state index in [1.807, 2.05) is 47.5 Å². The van der Waals surface area contributed by atoms with Gasteiger partial charge in [-0.15, -0.1) is 0 Å². The Morgan fingerprint density at radius 2 is 1.45 bits per heavy atom. The molecule has 0 bridgehead atoms. The number of benzene rings is 2. The third-order valence-corrected chi connectivity index (χ3v) is 6.11. The van der Waals surface area contributed by atoms with Gasteiger partial charge in [0.25, 0.3) is 5.91 Å². The quantitative estimate of drug-likeness (QED) is 0.600. The molecule has 1 fully saturated rings. The van der Waals surface area contributed by atoms with Crippen molar-refractivity contribution in [1.29, 1.82) is 0 Å². The number of hydrogen-bond donors (Lipinski definition) is 0. The second-order valence-electron chi connectivity index (χ2n) is 7.81. The molecule has 3 nitrogen and oxygen atoms in total. The molecule has 29 heavy (non-hydrogen) atoms. The van der Waals surface area contributed by atoms with Crippen LogP contribution in [0.4, 0.5) is 0 Å². The van der Waals surface area contributed by atoms with Crippen LogP contribution in [0.1, 0.15) is 45.6 Å². The van der Waals surface area contributed by atoms with Crippen molar-refractivity contribution in [3.8, 4) is 0 Å². The lowest BCUT2D eigenvalue weighted by Crippen LogP contribution is -2.36. The fraction of sp³-hybridized carbons (Fsp3) is 0.231. The number of hydrogen-bond acceptors (Lipinski definition) is 2. The molecule has 5 rings (SSSR count). The number of rotatable bonds is 1. The molecule has 2 aromatic carbocycles. The van der Waals surface area contributed by atoms with E-state index in [4.69, 9.17) is 4.98 Å². The Morgan fingerprint density at radius 3 is 2.28 bits per heavy atom. The highest BCUT2D eigenvalue weighted by atomic mass is 16.2. The molecule has 3 heteroatoms. The van der Waals surface area contributed by atoms with Crippen LogP contribution in [0.2, 0.25) is 0 Å². The van der Waals surface area contributed by atoms with E-state index in [1.165, 1.54) is 27.8 Å². The summed E-state index contributed by atoms with van der Waals surface area (Å²) in [6.45, 7) is 1.52. The monoisotopic (exact) mass is 380 g/mol. The number of amides is 1. The number of nitrogens with zero attached hydrogens (tertiary/aromatic N) is 2. The van der Waals surface area contributed by atoms with E-state index in [0.717, 1.165) is 50.0 Å². The Balaban J connectivity index is 1.50. The zero-order chi connectivity index (χ0) is 19.6. The summed E-state index contributed by atoms with van der Waals surface area (Å²) in [4.78, 5) is 19.6. The highest BCUT2D eigenvalue weighted by Crippen LogP contribution is 2.37. The van der Waals surface area contributed by atoms with Crippen LogP contribution in [0.25, 0.3) is 5.57 Å². The smallest absolute Gasteiger partial charge is 0.253 e. The lowest BCUT2D eigenvalue weighted by Gasteiger charge is -2.30. The minimum Gasteiger partial charge on any atom is -0.338 e. The predicted octanol–water partition coefficient (Wildman–Crippen LogP) is 4.92. The van der Waals surface area contributed by atoms with Gasteiger partial charge in [0.05, 0.1) is 5.69 Å². The normalized spacial score (nSPS) is 16.1. The molecule has 0 N–H and O–H groups in total. The first-order chi connectivity index (χ1) is 14.3. The van der Waals surface area contributed by atoms with Crippen LogP contribution in [0.3, 0.4) is 0 Å². The van der Waals surface area contributed by atoms with Gasteiger partial charge in [0, 0.05) is 30.4 Å². The van der Waals surface area contributed by atoms with Gasteiger partial charge >= 0.3 is 0 Å². The van der Waals surface area contributed by atoms with Crippen molar-refractivity contribution in [2.75, 3.05) is 13.1 Å². The highest BCUT2D eigenvalue weighted by molar-refractivity contribution is 5.94. The van der Waals surface area contributed by atoms with Crippen molar-refractivity contribution in [2.45, 2.75) is 25.7 Å². The molecule has 1 aromatic heterocycles. The van der Waals surface area contributed by atoms with E-state index in [1.54, 1.807) is 0 Å². The number of aryl methyl sites for hydroxylation is 2. The van der Waals surface area contributed by atoms with Crippen LogP contribution in [-0.4, -0.2) is 28.9 Å². The summed E-state index contributed by atoms with van der Waals surface area (Å²) in [5, 5.41) is 0. The van der Waals surface area contributed by atoms with Crippen LogP contribution in [0.15, 0.2) is 78.5 Å². The van der Waals surface area contributed by atoms with Crippen LogP contribution >= 0.6 is 0 Å². The Labute approximate surface area is 171 Å². The van der Waals surface area contributed by atoms with Gasteiger partial charge in [0.1, 0.15) is 0 Å². The highest BCUT2D eigenvalue weighted by Gasteiger charge is 2.26. The van der Waals surface area contributed by atoms with Crippen molar-refractivity contribution >= 4 is 11.5 Å². The molecular formula is C26H24N2O. The third-order valence-electron chi connectivity index (χ3n) is 6.11. The van der Waals surface area contributed by atoms with Crippen molar-refractivity contribution in [3.05, 3.63) is 106 Å². The number of carbonyl (C=O) groups is 1. The number of fused-ring (bicyclic) bond motifs is 2. The Bertz CT molecular complexity index is 1030. The first-order valence-electron chi connectivity index (χ1n) is 10.4. The summed E-state index contributed by atoms with van der Waals surface area (Å²) in [6, 6.07) is 22.6. The molecule has 1 aliphatic carbocycles. The molecule has 2 heterocycles. The van der Waals surface area contributed by atoms with E-state index in [2.05, 4.69) is 30.3 Å². The Kier molecular flexibility index (Phi) is 4.73.